The Labute approximate surface area is 617 Å². The molecule has 612 valence electrons. The molecule has 36 nitrogen and oxygen atoms in total. The van der Waals surface area contributed by atoms with E-state index in [-0.39, 0.29) is 17.8 Å². The minimum absolute atomic E-state index is 0.111. The summed E-state index contributed by atoms with van der Waals surface area (Å²) in [6, 6.07) is 0. The van der Waals surface area contributed by atoms with Crippen LogP contribution >= 0.6 is 0 Å². The molecule has 0 amide bonds. The average molecular weight is 1540 g/mol. The second kappa shape index (κ2) is 31.7. The minimum Gasteiger partial charge on any atom is -0.467 e. The highest BCUT2D eigenvalue weighted by Gasteiger charge is 2.72. The maximum Gasteiger partial charge on any atom is 0.337 e. The summed E-state index contributed by atoms with van der Waals surface area (Å²) in [5.41, 5.74) is -3.53. The number of methoxy groups -OCH3 is 1. The van der Waals surface area contributed by atoms with Crippen molar-refractivity contribution < 1.29 is 177 Å². The molecule has 0 radical (unpaired) electrons. The summed E-state index contributed by atoms with van der Waals surface area (Å²) < 4.78 is 90.6. The summed E-state index contributed by atoms with van der Waals surface area (Å²) in [5, 5.41) is 197. The van der Waals surface area contributed by atoms with E-state index in [4.69, 9.17) is 71.1 Å². The van der Waals surface area contributed by atoms with Crippen LogP contribution in [0.4, 0.5) is 0 Å². The lowest BCUT2D eigenvalue weighted by Gasteiger charge is -2.71. The molecular weight excluding hydrogens is 1430 g/mol. The van der Waals surface area contributed by atoms with Gasteiger partial charge in [-0.1, -0.05) is 53.2 Å². The molecule has 4 saturated carbocycles. The van der Waals surface area contributed by atoms with Gasteiger partial charge >= 0.3 is 11.9 Å². The summed E-state index contributed by atoms with van der Waals surface area (Å²) in [6.07, 6.45) is -52.8. The molecule has 0 bridgehead atoms. The predicted molar refractivity (Wildman–Crippen MR) is 351 cm³/mol. The summed E-state index contributed by atoms with van der Waals surface area (Å²) in [7, 11) is 1.02. The Morgan fingerprint density at radius 1 is 0.486 bits per heavy atom. The van der Waals surface area contributed by atoms with Gasteiger partial charge in [0.1, 0.15) is 141 Å². The molecule has 36 heteroatoms. The van der Waals surface area contributed by atoms with Crippen LogP contribution in [0.15, 0.2) is 11.6 Å². The average Bonchev–Trinajstić information content (AvgIpc) is 0.673. The number of rotatable bonds is 18. The Hall–Kier alpha value is -2.89. The Kier molecular flexibility index (Phi) is 24.8. The standard InChI is InChI=1S/C71H112O36/c1-26-37(77)44(84)55(105-62-50(90)53(103-60-47(87)42(82)40(80)32(21-72)98-60)51(27(2)97-62)101-58-45(85)38(78)30(75)23-94-58)63(96-26)107-65(92)71-18-16-66(3,4)20-29(71)28-10-11-35-67(5)14-13-36(68(6,25-74)34(67)12-15-70(35,8)69(28,7)17-19-71)100-64-56(106-61-48(88)43(83)41(81)33(22-73)99-61)52(49(89)54(104-64)57(91)93-9)102-59-46(86)39(79)31(76)24-95-59/h10,25-27,29-56,58-64,72-73,75-90H,11-24H2,1-9H3/t26-,27+,29+,30-,31-,32?,33-,34-,35-,36+,37+,38+,39+,40?,41+,42?,43+,44+,45-,46-,47?,48-,49+,50-,51+,52+,53+,54+,55-,56-,58+,59+,60+,61+,62+,63+,64-,67+,68+,69-,70-,71+/m1/s1. The van der Waals surface area contributed by atoms with E-state index in [0.29, 0.717) is 57.8 Å². The van der Waals surface area contributed by atoms with Gasteiger partial charge in [-0.15, -0.1) is 0 Å². The molecule has 42 atom stereocenters. The van der Waals surface area contributed by atoms with Crippen molar-refractivity contribution in [2.45, 2.75) is 328 Å². The first-order valence-electron chi connectivity index (χ1n) is 37.3. The van der Waals surface area contributed by atoms with Gasteiger partial charge in [-0.3, -0.25) is 4.79 Å². The molecule has 0 aromatic carbocycles. The number of aliphatic hydroxyl groups is 18. The summed E-state index contributed by atoms with van der Waals surface area (Å²) in [6.45, 7) is 12.8. The van der Waals surface area contributed by atoms with Crippen LogP contribution in [-0.4, -0.2) is 353 Å². The molecule has 7 saturated heterocycles. The zero-order valence-electron chi connectivity index (χ0n) is 61.3. The molecular formula is C71H112O36. The van der Waals surface area contributed by atoms with E-state index in [2.05, 4.69) is 40.7 Å². The van der Waals surface area contributed by atoms with Crippen LogP contribution in [0.25, 0.3) is 0 Å². The van der Waals surface area contributed by atoms with E-state index in [9.17, 15) is 102 Å². The predicted octanol–water partition coefficient (Wildman–Crippen LogP) is -5.87. The van der Waals surface area contributed by atoms with Crippen LogP contribution in [0.5, 0.6) is 0 Å². The first-order valence-corrected chi connectivity index (χ1v) is 37.3. The molecule has 12 aliphatic rings. The monoisotopic (exact) mass is 1540 g/mol. The highest BCUT2D eigenvalue weighted by Crippen LogP contribution is 2.76. The number of aliphatic hydroxyl groups excluding tert-OH is 18. The van der Waals surface area contributed by atoms with Crippen molar-refractivity contribution in [2.75, 3.05) is 33.5 Å². The van der Waals surface area contributed by atoms with E-state index in [1.54, 1.807) is 6.92 Å². The van der Waals surface area contributed by atoms with E-state index in [1.807, 2.05) is 0 Å². The smallest absolute Gasteiger partial charge is 0.337 e. The maximum atomic E-state index is 15.9. The Morgan fingerprint density at radius 3 is 1.57 bits per heavy atom. The SMILES string of the molecule is COC(=O)[C@H]1O[C@@H](O[C@H]2CC[C@]3(C)[C@H]4CC=C5[C@@H]6CC(C)(C)CC[C@]6(C(=O)O[C@@H]6O[C@H](C)[C@H](O)[C@H](O)[C@H]6O[C@@H]6O[C@@H](C)[C@H](O[C@@H]7OC[C@@H](O)[C@H](O)[C@H]7O)[C@@H](O[C@@H]7OC(CO)C(O)C(O)C7O)[C@H]6O)CC[C@@]5(C)[C@]4(C)CC[C@H]3[C@]2(C)C=O)[C@H](O[C@@H]2O[C@H](CO)[C@H](O)[C@H](O)[C@H]2O)[C@@H](O[C@@H]2OC[C@@H](O)[C@H](O)[C@H]2O)[C@@H]1O. The topological polar surface area (TPSA) is 554 Å². The first-order chi connectivity index (χ1) is 50.3. The molecule has 0 spiro atoms. The third-order valence-corrected chi connectivity index (χ3v) is 27.0. The fourth-order valence-corrected chi connectivity index (χ4v) is 20.2. The molecule has 0 aromatic rings. The van der Waals surface area contributed by atoms with Gasteiger partial charge in [0, 0.05) is 0 Å². The highest BCUT2D eigenvalue weighted by molar-refractivity contribution is 5.79. The van der Waals surface area contributed by atoms with Crippen LogP contribution in [0.1, 0.15) is 120 Å². The van der Waals surface area contributed by atoms with Crippen LogP contribution < -0.4 is 0 Å². The van der Waals surface area contributed by atoms with E-state index in [0.717, 1.165) is 19.0 Å². The van der Waals surface area contributed by atoms with Crippen LogP contribution in [0.2, 0.25) is 0 Å². The number of ether oxygens (including phenoxy) is 15. The van der Waals surface area contributed by atoms with Crippen molar-refractivity contribution in [3.63, 3.8) is 0 Å². The molecule has 107 heavy (non-hydrogen) atoms. The molecule has 5 aliphatic carbocycles. The van der Waals surface area contributed by atoms with Gasteiger partial charge in [0.15, 0.2) is 49.9 Å². The summed E-state index contributed by atoms with van der Waals surface area (Å²) >= 11 is 0. The Morgan fingerprint density at radius 2 is 1.00 bits per heavy atom. The van der Waals surface area contributed by atoms with Crippen molar-refractivity contribution in [3.05, 3.63) is 11.6 Å². The van der Waals surface area contributed by atoms with Crippen LogP contribution in [-0.2, 0) is 85.4 Å². The largest absolute Gasteiger partial charge is 0.467 e. The summed E-state index contributed by atoms with van der Waals surface area (Å²) in [5.74, 6) is -2.79. The molecule has 11 fully saturated rings. The van der Waals surface area contributed by atoms with Gasteiger partial charge in [-0.05, 0) is 117 Å². The van der Waals surface area contributed by atoms with Crippen molar-refractivity contribution in [2.24, 2.45) is 50.2 Å². The Bertz CT molecular complexity index is 3110. The van der Waals surface area contributed by atoms with Crippen molar-refractivity contribution in [1.29, 1.82) is 0 Å². The molecule has 18 N–H and O–H groups in total. The minimum atomic E-state index is -2.09. The number of carbonyl (C=O) groups excluding carboxylic acids is 3. The van der Waals surface area contributed by atoms with Crippen LogP contribution in [0.3, 0.4) is 0 Å². The van der Waals surface area contributed by atoms with E-state index < -0.39 is 286 Å². The van der Waals surface area contributed by atoms with E-state index in [1.165, 1.54) is 13.8 Å². The fraction of sp³-hybridized carbons (Fsp3) is 0.930. The zero-order valence-corrected chi connectivity index (χ0v) is 61.3. The normalized spacial score (nSPS) is 54.2. The number of allylic oxidation sites excluding steroid dienone is 2. The highest BCUT2D eigenvalue weighted by atomic mass is 16.8. The van der Waals surface area contributed by atoms with Gasteiger partial charge in [0.25, 0.3) is 0 Å². The molecule has 7 aliphatic heterocycles. The van der Waals surface area contributed by atoms with Crippen molar-refractivity contribution in [1.82, 2.24) is 0 Å². The quantitative estimate of drug-likeness (QED) is 0.0263. The molecule has 12 rings (SSSR count). The van der Waals surface area contributed by atoms with E-state index >= 15 is 4.79 Å². The molecule has 7 heterocycles. The molecule has 4 unspecified atom stereocenters. The fourth-order valence-electron chi connectivity index (χ4n) is 20.2. The maximum absolute atomic E-state index is 15.9. The zero-order chi connectivity index (χ0) is 78.0. The second-order valence-corrected chi connectivity index (χ2v) is 33.7. The number of carbonyl (C=O) groups is 3. The number of hydrogen-bond acceptors (Lipinski definition) is 36. The van der Waals surface area contributed by atoms with Gasteiger partial charge in [0.05, 0.1) is 62.7 Å². The summed E-state index contributed by atoms with van der Waals surface area (Å²) in [4.78, 5) is 43.8. The number of esters is 2. The van der Waals surface area contributed by atoms with Crippen molar-refractivity contribution in [3.8, 4) is 0 Å². The first kappa shape index (κ1) is 83.5. The number of fused-ring (bicyclic) bond motifs is 7. The third kappa shape index (κ3) is 14.6. The third-order valence-electron chi connectivity index (χ3n) is 27.0. The van der Waals surface area contributed by atoms with Gasteiger partial charge < -0.3 is 168 Å². The lowest BCUT2D eigenvalue weighted by atomic mass is 9.33. The second-order valence-electron chi connectivity index (χ2n) is 33.7. The van der Waals surface area contributed by atoms with Crippen LogP contribution in [0, 0.1) is 50.2 Å². The van der Waals surface area contributed by atoms with Crippen molar-refractivity contribution >= 4 is 18.2 Å². The van der Waals surface area contributed by atoms with Gasteiger partial charge in [-0.2, -0.15) is 0 Å². The van der Waals surface area contributed by atoms with Gasteiger partial charge in [-0.25, -0.2) is 4.79 Å². The lowest BCUT2D eigenvalue weighted by molar-refractivity contribution is -0.394. The molecule has 0 aromatic heterocycles. The number of aldehydes is 1. The Balaban J connectivity index is 0.808. The lowest BCUT2D eigenvalue weighted by Crippen LogP contribution is -2.69. The number of hydrogen-bond donors (Lipinski definition) is 18. The van der Waals surface area contributed by atoms with Gasteiger partial charge in [0.2, 0.25) is 6.29 Å².